The first-order valence-electron chi connectivity index (χ1n) is 4.19. The first-order chi connectivity index (χ1) is 7.08. The van der Waals surface area contributed by atoms with Gasteiger partial charge in [0.2, 0.25) is 0 Å². The molecule has 1 aromatic carbocycles. The maximum Gasteiger partial charge on any atom is 0.407 e. The zero-order valence-electron chi connectivity index (χ0n) is 7.87. The number of hydrogen-bond donors (Lipinski definition) is 2. The van der Waals surface area contributed by atoms with Crippen LogP contribution < -0.4 is 5.32 Å². The lowest BCUT2D eigenvalue weighted by atomic mass is 10.1. The number of aromatic hydroxyl groups is 1. The van der Waals surface area contributed by atoms with Gasteiger partial charge in [-0.1, -0.05) is 23.2 Å². The molecule has 1 saturated heterocycles. The molecule has 1 fully saturated rings. The summed E-state index contributed by atoms with van der Waals surface area (Å²) >= 11 is 11.6. The number of nitrogens with one attached hydrogen (secondary N) is 1. The van der Waals surface area contributed by atoms with Gasteiger partial charge in [0.05, 0.1) is 11.1 Å². The highest BCUT2D eigenvalue weighted by atomic mass is 35.5. The fraction of sp³-hybridized carbons (Fsp3) is 0.222. The van der Waals surface area contributed by atoms with Crippen LogP contribution in [0.3, 0.4) is 0 Å². The van der Waals surface area contributed by atoms with Crippen molar-refractivity contribution in [3.05, 3.63) is 27.7 Å². The normalized spacial score (nSPS) is 18.6. The molecule has 0 spiro atoms. The lowest BCUT2D eigenvalue weighted by Crippen LogP contribution is -2.18. The second-order valence-corrected chi connectivity index (χ2v) is 3.96. The number of hydrogen-bond acceptors (Lipinski definition) is 3. The van der Waals surface area contributed by atoms with E-state index in [1.807, 2.05) is 0 Å². The molecule has 7 heteroatoms. The van der Waals surface area contributed by atoms with E-state index in [0.717, 1.165) is 0 Å². The molecule has 1 atom stereocenters. The van der Waals surface area contributed by atoms with E-state index in [1.54, 1.807) is 0 Å². The molecule has 1 heterocycles. The Morgan fingerprint density at radius 1 is 1.44 bits per heavy atom. The molecule has 0 radical (unpaired) electrons. The Kier molecular flexibility index (Phi) is 4.13. The number of carbonyl (C=O) groups excluding carboxylic acids is 1. The summed E-state index contributed by atoms with van der Waals surface area (Å²) in [5.41, 5.74) is 0.423. The number of cyclic esters (lactones) is 1. The predicted octanol–water partition coefficient (Wildman–Crippen LogP) is 2.90. The Morgan fingerprint density at radius 2 is 2.12 bits per heavy atom. The lowest BCUT2D eigenvalue weighted by molar-refractivity contribution is 0.177. The molecule has 0 saturated carbocycles. The van der Waals surface area contributed by atoms with Crippen LogP contribution in [0, 0.1) is 0 Å². The van der Waals surface area contributed by atoms with Crippen LogP contribution in [-0.4, -0.2) is 17.8 Å². The molecule has 1 aromatic rings. The Morgan fingerprint density at radius 3 is 2.62 bits per heavy atom. The minimum Gasteiger partial charge on any atom is -0.507 e. The van der Waals surface area contributed by atoms with E-state index in [4.69, 9.17) is 27.9 Å². The third-order valence-electron chi connectivity index (χ3n) is 2.09. The molecule has 16 heavy (non-hydrogen) atoms. The van der Waals surface area contributed by atoms with Crippen LogP contribution in [0.2, 0.25) is 10.0 Å². The number of ether oxygens (including phenoxy) is 1. The van der Waals surface area contributed by atoms with Gasteiger partial charge in [-0.05, 0) is 12.1 Å². The number of phenols is 1. The van der Waals surface area contributed by atoms with Gasteiger partial charge in [0, 0.05) is 10.6 Å². The number of alkyl carbamates (subject to hydrolysis) is 1. The minimum atomic E-state index is -0.523. The summed E-state index contributed by atoms with van der Waals surface area (Å²) in [7, 11) is 0. The van der Waals surface area contributed by atoms with E-state index >= 15 is 0 Å². The summed E-state index contributed by atoms with van der Waals surface area (Å²) < 4.78 is 4.71. The summed E-state index contributed by atoms with van der Waals surface area (Å²) in [5.74, 6) is -0.0525. The molecule has 1 amide bonds. The maximum absolute atomic E-state index is 10.8. The number of rotatable bonds is 1. The summed E-state index contributed by atoms with van der Waals surface area (Å²) in [6, 6.07) is 2.44. The zero-order chi connectivity index (χ0) is 11.0. The minimum absolute atomic E-state index is 0. The van der Waals surface area contributed by atoms with Crippen LogP contribution in [0.5, 0.6) is 5.75 Å². The highest BCUT2D eigenvalue weighted by molar-refractivity contribution is 6.35. The molecule has 1 aliphatic heterocycles. The van der Waals surface area contributed by atoms with E-state index in [1.165, 1.54) is 12.1 Å². The topological polar surface area (TPSA) is 58.6 Å². The van der Waals surface area contributed by atoms with Crippen molar-refractivity contribution in [1.82, 2.24) is 5.32 Å². The second-order valence-electron chi connectivity index (χ2n) is 3.12. The highest BCUT2D eigenvalue weighted by Gasteiger charge is 2.28. The fourth-order valence-electron chi connectivity index (χ4n) is 1.46. The van der Waals surface area contributed by atoms with Crippen LogP contribution >= 0.6 is 35.6 Å². The first-order valence-corrected chi connectivity index (χ1v) is 4.94. The van der Waals surface area contributed by atoms with Crippen LogP contribution in [0.15, 0.2) is 12.1 Å². The van der Waals surface area contributed by atoms with Gasteiger partial charge in [0.25, 0.3) is 0 Å². The molecule has 88 valence electrons. The van der Waals surface area contributed by atoms with Crippen molar-refractivity contribution >= 4 is 41.7 Å². The number of carbonyl (C=O) groups is 1. The number of halogens is 3. The van der Waals surface area contributed by atoms with Crippen molar-refractivity contribution in [2.24, 2.45) is 0 Å². The smallest absolute Gasteiger partial charge is 0.407 e. The Hall–Kier alpha value is -0.840. The van der Waals surface area contributed by atoms with E-state index in [-0.39, 0.29) is 24.8 Å². The van der Waals surface area contributed by atoms with E-state index < -0.39 is 12.1 Å². The van der Waals surface area contributed by atoms with Gasteiger partial charge in [0.15, 0.2) is 0 Å². The van der Waals surface area contributed by atoms with Gasteiger partial charge in [-0.3, -0.25) is 0 Å². The van der Waals surface area contributed by atoms with Crippen LogP contribution in [0.25, 0.3) is 0 Å². The van der Waals surface area contributed by atoms with Crippen molar-refractivity contribution in [1.29, 1.82) is 0 Å². The van der Waals surface area contributed by atoms with Crippen LogP contribution in [0.1, 0.15) is 11.6 Å². The maximum atomic E-state index is 10.8. The molecule has 4 nitrogen and oxygen atoms in total. The van der Waals surface area contributed by atoms with Crippen LogP contribution in [0.4, 0.5) is 4.79 Å². The quantitative estimate of drug-likeness (QED) is 0.833. The van der Waals surface area contributed by atoms with Gasteiger partial charge in [-0.25, -0.2) is 4.79 Å². The number of amides is 1. The van der Waals surface area contributed by atoms with Crippen molar-refractivity contribution < 1.29 is 14.6 Å². The van der Waals surface area contributed by atoms with E-state index in [0.29, 0.717) is 15.6 Å². The first kappa shape index (κ1) is 13.2. The molecule has 0 aliphatic carbocycles. The van der Waals surface area contributed by atoms with Crippen molar-refractivity contribution in [3.8, 4) is 5.75 Å². The van der Waals surface area contributed by atoms with Gasteiger partial charge >= 0.3 is 6.09 Å². The fourth-order valence-corrected chi connectivity index (χ4v) is 2.07. The Bertz CT molecular complexity index is 401. The molecular weight excluding hydrogens is 276 g/mol. The van der Waals surface area contributed by atoms with Crippen molar-refractivity contribution in [2.75, 3.05) is 6.61 Å². The lowest BCUT2D eigenvalue weighted by Gasteiger charge is -2.12. The average molecular weight is 285 g/mol. The molecule has 2 rings (SSSR count). The highest BCUT2D eigenvalue weighted by Crippen LogP contribution is 2.35. The third kappa shape index (κ3) is 2.45. The molecule has 2 N–H and O–H groups in total. The zero-order valence-corrected chi connectivity index (χ0v) is 10.2. The van der Waals surface area contributed by atoms with Crippen molar-refractivity contribution in [2.45, 2.75) is 6.04 Å². The SMILES string of the molecule is Cl.O=C1N[C@@H](c2c(O)cc(Cl)cc2Cl)CO1. The summed E-state index contributed by atoms with van der Waals surface area (Å²) in [6.07, 6.45) is -0.523. The molecule has 0 unspecified atom stereocenters. The van der Waals surface area contributed by atoms with Crippen molar-refractivity contribution in [3.63, 3.8) is 0 Å². The van der Waals surface area contributed by atoms with Crippen LogP contribution in [-0.2, 0) is 4.74 Å². The monoisotopic (exact) mass is 283 g/mol. The standard InChI is InChI=1S/C9H7Cl2NO3.ClH/c10-4-1-5(11)8(7(13)2-4)6-3-15-9(14)12-6;/h1-2,6,13H,3H2,(H,12,14);1H/t6-;/m1./s1. The predicted molar refractivity (Wildman–Crippen MR) is 62.6 cm³/mol. The third-order valence-corrected chi connectivity index (χ3v) is 2.63. The Balaban J connectivity index is 0.00000128. The molecule has 0 bridgehead atoms. The Labute approximate surface area is 108 Å². The summed E-state index contributed by atoms with van der Waals surface area (Å²) in [6.45, 7) is 0.147. The summed E-state index contributed by atoms with van der Waals surface area (Å²) in [5, 5.41) is 12.8. The van der Waals surface area contributed by atoms with Gasteiger partial charge in [-0.2, -0.15) is 0 Å². The van der Waals surface area contributed by atoms with E-state index in [9.17, 15) is 9.90 Å². The molecular formula is C9H8Cl3NO3. The largest absolute Gasteiger partial charge is 0.507 e. The second kappa shape index (κ2) is 4.99. The van der Waals surface area contributed by atoms with Gasteiger partial charge in [0.1, 0.15) is 12.4 Å². The molecule has 0 aromatic heterocycles. The van der Waals surface area contributed by atoms with Gasteiger partial charge < -0.3 is 15.2 Å². The van der Waals surface area contributed by atoms with E-state index in [2.05, 4.69) is 5.32 Å². The summed E-state index contributed by atoms with van der Waals surface area (Å²) in [4.78, 5) is 10.8. The number of phenolic OH excluding ortho intramolecular Hbond substituents is 1. The molecule has 1 aliphatic rings. The van der Waals surface area contributed by atoms with Gasteiger partial charge in [-0.15, -0.1) is 12.4 Å². The number of benzene rings is 1. The average Bonchev–Trinajstić information content (AvgIpc) is 2.49.